The third-order valence-electron chi connectivity index (χ3n) is 2.91. The van der Waals surface area contributed by atoms with Crippen molar-refractivity contribution >= 4 is 17.6 Å². The molecule has 0 spiro atoms. The van der Waals surface area contributed by atoms with Crippen molar-refractivity contribution in [2.75, 3.05) is 6.79 Å². The normalized spacial score (nSPS) is 14.8. The average Bonchev–Trinajstić information content (AvgIpc) is 2.71. The Morgan fingerprint density at radius 1 is 1.59 bits per heavy atom. The fourth-order valence-electron chi connectivity index (χ4n) is 1.85. The van der Waals surface area contributed by atoms with Gasteiger partial charge in [-0.25, -0.2) is 0 Å². The highest BCUT2D eigenvalue weighted by atomic mass is 35.5. The first kappa shape index (κ1) is 12.0. The molecule has 1 unspecified atom stereocenters. The molecule has 1 aromatic carbocycles. The monoisotopic (exact) mass is 256 g/mol. The number of hydrogen-bond acceptors (Lipinski definition) is 3. The number of aliphatic carboxylic acids is 1. The van der Waals surface area contributed by atoms with Crippen LogP contribution in [0.3, 0.4) is 0 Å². The van der Waals surface area contributed by atoms with E-state index in [1.54, 1.807) is 13.0 Å². The van der Waals surface area contributed by atoms with Crippen LogP contribution in [0.5, 0.6) is 11.5 Å². The number of carboxylic acid groups (broad SMARTS) is 1. The van der Waals surface area contributed by atoms with Crippen molar-refractivity contribution in [3.63, 3.8) is 0 Å². The van der Waals surface area contributed by atoms with Gasteiger partial charge >= 0.3 is 5.97 Å². The molecule has 5 heteroatoms. The lowest BCUT2D eigenvalue weighted by Gasteiger charge is -2.13. The van der Waals surface area contributed by atoms with Crippen LogP contribution in [0.15, 0.2) is 6.07 Å². The SMILES string of the molecule is Cc1c(CC(C)C(=O)O)c(Cl)cc2c1OCO2. The fourth-order valence-corrected chi connectivity index (χ4v) is 2.17. The number of fused-ring (bicyclic) bond motifs is 1. The Morgan fingerprint density at radius 2 is 2.29 bits per heavy atom. The zero-order valence-electron chi connectivity index (χ0n) is 9.62. The van der Waals surface area contributed by atoms with Crippen molar-refractivity contribution in [3.05, 3.63) is 22.2 Å². The molecule has 92 valence electrons. The van der Waals surface area contributed by atoms with Gasteiger partial charge in [0.2, 0.25) is 6.79 Å². The molecule has 0 fully saturated rings. The van der Waals surface area contributed by atoms with Gasteiger partial charge in [0.15, 0.2) is 11.5 Å². The Morgan fingerprint density at radius 3 is 2.94 bits per heavy atom. The predicted octanol–water partition coefficient (Wildman–Crippen LogP) is 2.64. The molecule has 0 bridgehead atoms. The van der Waals surface area contributed by atoms with Crippen molar-refractivity contribution in [1.29, 1.82) is 0 Å². The molecule has 1 atom stereocenters. The van der Waals surface area contributed by atoms with E-state index in [1.807, 2.05) is 6.92 Å². The lowest BCUT2D eigenvalue weighted by atomic mass is 9.96. The molecule has 0 saturated carbocycles. The summed E-state index contributed by atoms with van der Waals surface area (Å²) in [6.45, 7) is 3.70. The molecule has 1 aromatic rings. The molecular weight excluding hydrogens is 244 g/mol. The number of benzene rings is 1. The smallest absolute Gasteiger partial charge is 0.306 e. The van der Waals surface area contributed by atoms with Gasteiger partial charge in [-0.2, -0.15) is 0 Å². The molecule has 0 aliphatic carbocycles. The molecular formula is C12H13ClO4. The zero-order valence-corrected chi connectivity index (χ0v) is 10.4. The van der Waals surface area contributed by atoms with Gasteiger partial charge in [-0.15, -0.1) is 0 Å². The summed E-state index contributed by atoms with van der Waals surface area (Å²) in [6.07, 6.45) is 0.386. The van der Waals surface area contributed by atoms with Crippen LogP contribution in [-0.2, 0) is 11.2 Å². The maximum atomic E-state index is 10.9. The predicted molar refractivity (Wildman–Crippen MR) is 62.8 cm³/mol. The molecule has 1 heterocycles. The van der Waals surface area contributed by atoms with Crippen molar-refractivity contribution in [1.82, 2.24) is 0 Å². The minimum atomic E-state index is -0.835. The number of carboxylic acids is 1. The Balaban J connectivity index is 2.38. The van der Waals surface area contributed by atoms with E-state index in [4.69, 9.17) is 26.2 Å². The molecule has 0 amide bonds. The molecule has 0 aromatic heterocycles. The highest BCUT2D eigenvalue weighted by Gasteiger charge is 2.23. The topological polar surface area (TPSA) is 55.8 Å². The molecule has 0 radical (unpaired) electrons. The highest BCUT2D eigenvalue weighted by Crippen LogP contribution is 2.41. The van der Waals surface area contributed by atoms with Crippen molar-refractivity contribution < 1.29 is 19.4 Å². The van der Waals surface area contributed by atoms with Gasteiger partial charge < -0.3 is 14.6 Å². The van der Waals surface area contributed by atoms with E-state index in [1.165, 1.54) is 0 Å². The molecule has 1 aliphatic heterocycles. The number of halogens is 1. The van der Waals surface area contributed by atoms with Crippen LogP contribution in [0, 0.1) is 12.8 Å². The molecule has 1 aliphatic rings. The van der Waals surface area contributed by atoms with E-state index in [2.05, 4.69) is 0 Å². The van der Waals surface area contributed by atoms with Crippen LogP contribution >= 0.6 is 11.6 Å². The van der Waals surface area contributed by atoms with Gasteiger partial charge in [-0.05, 0) is 24.5 Å². The van der Waals surface area contributed by atoms with Crippen LogP contribution in [0.4, 0.5) is 0 Å². The molecule has 1 N–H and O–H groups in total. The van der Waals surface area contributed by atoms with Gasteiger partial charge in [0, 0.05) is 11.1 Å². The Labute approximate surface area is 104 Å². The maximum absolute atomic E-state index is 10.9. The van der Waals surface area contributed by atoms with E-state index in [0.717, 1.165) is 11.1 Å². The Bertz CT molecular complexity index is 470. The van der Waals surface area contributed by atoms with E-state index in [-0.39, 0.29) is 6.79 Å². The second kappa shape index (κ2) is 4.45. The van der Waals surface area contributed by atoms with Crippen LogP contribution in [0.25, 0.3) is 0 Å². The molecule has 0 saturated heterocycles. The van der Waals surface area contributed by atoms with Crippen LogP contribution < -0.4 is 9.47 Å². The second-order valence-electron chi connectivity index (χ2n) is 4.14. The summed E-state index contributed by atoms with van der Waals surface area (Å²) < 4.78 is 10.6. The second-order valence-corrected chi connectivity index (χ2v) is 4.55. The third-order valence-corrected chi connectivity index (χ3v) is 3.25. The van der Waals surface area contributed by atoms with Gasteiger partial charge in [-0.1, -0.05) is 18.5 Å². The molecule has 2 rings (SSSR count). The van der Waals surface area contributed by atoms with E-state index < -0.39 is 11.9 Å². The van der Waals surface area contributed by atoms with Crippen LogP contribution in [0.2, 0.25) is 5.02 Å². The standard InChI is InChI=1S/C12H13ClO4/c1-6(12(14)15)3-8-7(2)11-10(4-9(8)13)16-5-17-11/h4,6H,3,5H2,1-2H3,(H,14,15). The highest BCUT2D eigenvalue weighted by molar-refractivity contribution is 6.31. The van der Waals surface area contributed by atoms with E-state index in [9.17, 15) is 4.79 Å². The summed E-state index contributed by atoms with van der Waals surface area (Å²) in [7, 11) is 0. The third kappa shape index (κ3) is 2.17. The maximum Gasteiger partial charge on any atom is 0.306 e. The number of carbonyl (C=O) groups is 1. The minimum Gasteiger partial charge on any atom is -0.481 e. The number of rotatable bonds is 3. The van der Waals surface area contributed by atoms with E-state index in [0.29, 0.717) is 22.9 Å². The summed E-state index contributed by atoms with van der Waals surface area (Å²) in [4.78, 5) is 10.9. The summed E-state index contributed by atoms with van der Waals surface area (Å²) in [5.41, 5.74) is 1.67. The Kier molecular flexibility index (Phi) is 3.15. The quantitative estimate of drug-likeness (QED) is 0.903. The van der Waals surface area contributed by atoms with Gasteiger partial charge in [0.05, 0.1) is 5.92 Å². The summed E-state index contributed by atoms with van der Waals surface area (Å²) in [6, 6.07) is 1.68. The number of hydrogen-bond donors (Lipinski definition) is 1. The van der Waals surface area contributed by atoms with Crippen LogP contribution in [-0.4, -0.2) is 17.9 Å². The van der Waals surface area contributed by atoms with Crippen molar-refractivity contribution in [2.24, 2.45) is 5.92 Å². The van der Waals surface area contributed by atoms with Crippen molar-refractivity contribution in [2.45, 2.75) is 20.3 Å². The lowest BCUT2D eigenvalue weighted by Crippen LogP contribution is -2.13. The zero-order chi connectivity index (χ0) is 12.6. The summed E-state index contributed by atoms with van der Waals surface area (Å²) in [5.74, 6) is -0.0223. The summed E-state index contributed by atoms with van der Waals surface area (Å²) in [5, 5.41) is 9.45. The van der Waals surface area contributed by atoms with Crippen molar-refractivity contribution in [3.8, 4) is 11.5 Å². The number of ether oxygens (including phenoxy) is 2. The minimum absolute atomic E-state index is 0.185. The first-order chi connectivity index (χ1) is 8.00. The molecule has 4 nitrogen and oxygen atoms in total. The lowest BCUT2D eigenvalue weighted by molar-refractivity contribution is -0.141. The van der Waals surface area contributed by atoms with Gasteiger partial charge in [-0.3, -0.25) is 4.79 Å². The average molecular weight is 257 g/mol. The summed E-state index contributed by atoms with van der Waals surface area (Å²) >= 11 is 6.13. The first-order valence-electron chi connectivity index (χ1n) is 5.31. The fraction of sp³-hybridized carbons (Fsp3) is 0.417. The first-order valence-corrected chi connectivity index (χ1v) is 5.69. The Hall–Kier alpha value is -1.42. The van der Waals surface area contributed by atoms with Crippen LogP contribution in [0.1, 0.15) is 18.1 Å². The van der Waals surface area contributed by atoms with Gasteiger partial charge in [0.25, 0.3) is 0 Å². The largest absolute Gasteiger partial charge is 0.481 e. The van der Waals surface area contributed by atoms with E-state index >= 15 is 0 Å². The molecule has 17 heavy (non-hydrogen) atoms. The van der Waals surface area contributed by atoms with Gasteiger partial charge in [0.1, 0.15) is 0 Å².